The molecule has 2 aliphatic rings. The van der Waals surface area contributed by atoms with Crippen molar-refractivity contribution >= 4 is 56.5 Å². The van der Waals surface area contributed by atoms with Crippen LogP contribution in [0.3, 0.4) is 0 Å². The van der Waals surface area contributed by atoms with Crippen LogP contribution in [-0.2, 0) is 4.79 Å². The maximum Gasteiger partial charge on any atom is 0.352 e. The average Bonchev–Trinajstić information content (AvgIpc) is 2.77. The number of anilines is 1. The Balaban J connectivity index is 0.000000236. The van der Waals surface area contributed by atoms with Crippen molar-refractivity contribution < 1.29 is 9.90 Å². The second-order valence-electron chi connectivity index (χ2n) is 6.18. The summed E-state index contributed by atoms with van der Waals surface area (Å²) < 4.78 is 0. The standard InChI is InChI=1S/C10H7BrCl2N2O2.C7H15N/c11-9-4-7(10(16)17)14-15(9)8-2-1-5(12)3-6(8)13;8-7-5-3-1-2-4-6-7/h1-3,9H,4H2,(H,16,17);7H,1-6,8H2. The van der Waals surface area contributed by atoms with Gasteiger partial charge in [-0.25, -0.2) is 9.80 Å². The highest BCUT2D eigenvalue weighted by Crippen LogP contribution is 2.34. The first-order chi connectivity index (χ1) is 11.9. The van der Waals surface area contributed by atoms with Crippen molar-refractivity contribution in [1.29, 1.82) is 0 Å². The summed E-state index contributed by atoms with van der Waals surface area (Å²) in [6, 6.07) is 5.49. The fourth-order valence-corrected chi connectivity index (χ4v) is 3.91. The Morgan fingerprint density at radius 1 is 1.24 bits per heavy atom. The molecule has 25 heavy (non-hydrogen) atoms. The van der Waals surface area contributed by atoms with Crippen LogP contribution < -0.4 is 10.7 Å². The summed E-state index contributed by atoms with van der Waals surface area (Å²) in [5, 5.41) is 15.4. The molecule has 0 aromatic heterocycles. The van der Waals surface area contributed by atoms with E-state index >= 15 is 0 Å². The highest BCUT2D eigenvalue weighted by molar-refractivity contribution is 9.09. The van der Waals surface area contributed by atoms with Crippen molar-refractivity contribution in [3.05, 3.63) is 28.2 Å². The Labute approximate surface area is 166 Å². The summed E-state index contributed by atoms with van der Waals surface area (Å²) in [5.41, 5.74) is 6.45. The third kappa shape index (κ3) is 6.13. The van der Waals surface area contributed by atoms with Crippen molar-refractivity contribution in [2.45, 2.75) is 55.9 Å². The number of carboxylic acids is 1. The molecule has 1 aliphatic heterocycles. The minimum atomic E-state index is -1.03. The van der Waals surface area contributed by atoms with E-state index in [2.05, 4.69) is 21.0 Å². The number of carboxylic acid groups (broad SMARTS) is 1. The number of hydrogen-bond donors (Lipinski definition) is 2. The topological polar surface area (TPSA) is 78.9 Å². The predicted molar refractivity (Wildman–Crippen MR) is 107 cm³/mol. The number of hydrazone groups is 1. The largest absolute Gasteiger partial charge is 0.477 e. The van der Waals surface area contributed by atoms with E-state index in [4.69, 9.17) is 34.0 Å². The lowest BCUT2D eigenvalue weighted by Crippen LogP contribution is -2.20. The molecule has 138 valence electrons. The number of aliphatic carboxylic acids is 1. The number of halogens is 3. The van der Waals surface area contributed by atoms with Crippen LogP contribution in [0.4, 0.5) is 5.69 Å². The number of rotatable bonds is 2. The average molecular weight is 451 g/mol. The monoisotopic (exact) mass is 449 g/mol. The molecule has 0 bridgehead atoms. The highest BCUT2D eigenvalue weighted by atomic mass is 79.9. The van der Waals surface area contributed by atoms with E-state index in [1.165, 1.54) is 43.5 Å². The molecular weight excluding hydrogens is 429 g/mol. The minimum absolute atomic E-state index is 0.0953. The Morgan fingerprint density at radius 3 is 2.40 bits per heavy atom. The molecule has 1 saturated carbocycles. The van der Waals surface area contributed by atoms with E-state index in [0.717, 1.165) is 0 Å². The van der Waals surface area contributed by atoms with Gasteiger partial charge in [-0.05, 0) is 31.0 Å². The molecule has 1 unspecified atom stereocenters. The summed E-state index contributed by atoms with van der Waals surface area (Å²) in [5.74, 6) is -1.03. The zero-order valence-electron chi connectivity index (χ0n) is 13.8. The SMILES string of the molecule is NC1CCCCCC1.O=C(O)C1=NN(c2ccc(Cl)cc2Cl)C(Br)C1. The van der Waals surface area contributed by atoms with Crippen LogP contribution in [0.1, 0.15) is 44.9 Å². The van der Waals surface area contributed by atoms with E-state index in [1.54, 1.807) is 18.2 Å². The Bertz CT molecular complexity index is 634. The van der Waals surface area contributed by atoms with Gasteiger partial charge < -0.3 is 10.8 Å². The van der Waals surface area contributed by atoms with Gasteiger partial charge in [0, 0.05) is 17.5 Å². The lowest BCUT2D eigenvalue weighted by atomic mass is 10.1. The van der Waals surface area contributed by atoms with Gasteiger partial charge in [0.15, 0.2) is 0 Å². The molecule has 0 spiro atoms. The quantitative estimate of drug-likeness (QED) is 0.376. The molecule has 3 N–H and O–H groups in total. The minimum Gasteiger partial charge on any atom is -0.477 e. The van der Waals surface area contributed by atoms with Gasteiger partial charge in [0.1, 0.15) is 10.7 Å². The predicted octanol–water partition coefficient (Wildman–Crippen LogP) is 5.03. The maximum atomic E-state index is 10.8. The molecule has 1 aliphatic carbocycles. The van der Waals surface area contributed by atoms with Crippen LogP contribution in [0.25, 0.3) is 0 Å². The molecule has 1 fully saturated rings. The lowest BCUT2D eigenvalue weighted by molar-refractivity contribution is -0.129. The smallest absolute Gasteiger partial charge is 0.352 e. The molecule has 0 saturated heterocycles. The first kappa shape index (κ1) is 20.5. The number of nitrogens with zero attached hydrogens (tertiary/aromatic N) is 2. The van der Waals surface area contributed by atoms with Crippen LogP contribution in [0.15, 0.2) is 23.3 Å². The van der Waals surface area contributed by atoms with E-state index in [0.29, 0.717) is 28.2 Å². The summed E-state index contributed by atoms with van der Waals surface area (Å²) >= 11 is 15.2. The van der Waals surface area contributed by atoms with Gasteiger partial charge in [0.2, 0.25) is 0 Å². The van der Waals surface area contributed by atoms with Crippen molar-refractivity contribution in [3.63, 3.8) is 0 Å². The molecule has 1 heterocycles. The maximum absolute atomic E-state index is 10.8. The van der Waals surface area contributed by atoms with Gasteiger partial charge in [0.25, 0.3) is 0 Å². The van der Waals surface area contributed by atoms with Gasteiger partial charge in [-0.1, -0.05) is 64.8 Å². The van der Waals surface area contributed by atoms with Gasteiger partial charge >= 0.3 is 5.97 Å². The lowest BCUT2D eigenvalue weighted by Gasteiger charge is -2.19. The fraction of sp³-hybridized carbons (Fsp3) is 0.529. The van der Waals surface area contributed by atoms with Crippen molar-refractivity contribution in [3.8, 4) is 0 Å². The fourth-order valence-electron chi connectivity index (χ4n) is 2.79. The second kappa shape index (κ2) is 9.76. The molecule has 0 radical (unpaired) electrons. The molecule has 3 rings (SSSR count). The van der Waals surface area contributed by atoms with E-state index in [-0.39, 0.29) is 10.7 Å². The summed E-state index contributed by atoms with van der Waals surface area (Å²) in [4.78, 5) is 10.6. The first-order valence-electron chi connectivity index (χ1n) is 8.33. The third-order valence-corrected chi connectivity index (χ3v) is 5.41. The summed E-state index contributed by atoms with van der Waals surface area (Å²) in [6.45, 7) is 0. The number of nitrogens with two attached hydrogens (primary N) is 1. The number of hydrogen-bond acceptors (Lipinski definition) is 4. The van der Waals surface area contributed by atoms with Crippen LogP contribution in [0.5, 0.6) is 0 Å². The van der Waals surface area contributed by atoms with Crippen molar-refractivity contribution in [2.75, 3.05) is 5.01 Å². The van der Waals surface area contributed by atoms with Gasteiger partial charge in [0.05, 0.1) is 10.7 Å². The molecule has 5 nitrogen and oxygen atoms in total. The third-order valence-electron chi connectivity index (χ3n) is 4.16. The van der Waals surface area contributed by atoms with Crippen molar-refractivity contribution in [1.82, 2.24) is 0 Å². The Hall–Kier alpha value is -0.820. The van der Waals surface area contributed by atoms with Crippen molar-refractivity contribution in [2.24, 2.45) is 10.8 Å². The van der Waals surface area contributed by atoms with Gasteiger partial charge in [-0.15, -0.1) is 0 Å². The molecular formula is C17H22BrCl2N3O2. The van der Waals surface area contributed by atoms with E-state index < -0.39 is 5.97 Å². The van der Waals surface area contributed by atoms with Gasteiger partial charge in [-0.3, -0.25) is 0 Å². The summed E-state index contributed by atoms with van der Waals surface area (Å²) in [7, 11) is 0. The van der Waals surface area contributed by atoms with Crippen LogP contribution in [-0.4, -0.2) is 27.8 Å². The van der Waals surface area contributed by atoms with E-state index in [1.807, 2.05) is 0 Å². The summed E-state index contributed by atoms with van der Waals surface area (Å²) in [6.07, 6.45) is 8.39. The zero-order valence-corrected chi connectivity index (χ0v) is 16.9. The molecule has 0 amide bonds. The first-order valence-corrected chi connectivity index (χ1v) is 10.0. The van der Waals surface area contributed by atoms with Gasteiger partial charge in [-0.2, -0.15) is 5.10 Å². The number of carbonyl (C=O) groups is 1. The molecule has 8 heteroatoms. The number of benzene rings is 1. The van der Waals surface area contributed by atoms with Crippen LogP contribution in [0.2, 0.25) is 10.0 Å². The number of alkyl halides is 1. The highest BCUT2D eigenvalue weighted by Gasteiger charge is 2.30. The van der Waals surface area contributed by atoms with Crippen LogP contribution in [0, 0.1) is 0 Å². The second-order valence-corrected chi connectivity index (χ2v) is 8.08. The molecule has 1 atom stereocenters. The molecule has 1 aromatic rings. The zero-order chi connectivity index (χ0) is 18.4. The van der Waals surface area contributed by atoms with Crippen LogP contribution >= 0.6 is 39.1 Å². The normalized spacial score (nSPS) is 21.2. The Morgan fingerprint density at radius 2 is 1.88 bits per heavy atom. The Kier molecular flexibility index (Phi) is 8.00. The molecule has 1 aromatic carbocycles. The van der Waals surface area contributed by atoms with E-state index in [9.17, 15) is 4.79 Å².